The van der Waals surface area contributed by atoms with E-state index < -0.39 is 5.82 Å². The first-order chi connectivity index (χ1) is 11.7. The lowest BCUT2D eigenvalue weighted by Gasteiger charge is -2.10. The van der Waals surface area contributed by atoms with Crippen molar-refractivity contribution in [1.29, 1.82) is 0 Å². The Balaban J connectivity index is 2.04. The molecule has 6 heteroatoms. The standard InChI is InChI=1S/C18H19FN4O/c1-3-9-22-18(21-4-2)23-12-14-7-8-17(16(19)11-14)24-15-6-5-10-20-13-15/h1,5-8,10-11,13H,4,9,12H2,2H3,(H2,21,22,23). The van der Waals surface area contributed by atoms with Crippen molar-refractivity contribution in [3.8, 4) is 23.8 Å². The van der Waals surface area contributed by atoms with E-state index in [0.29, 0.717) is 31.3 Å². The van der Waals surface area contributed by atoms with Crippen LogP contribution in [0, 0.1) is 18.2 Å². The first kappa shape index (κ1) is 17.3. The number of aromatic nitrogens is 1. The molecule has 2 aromatic rings. The predicted molar refractivity (Wildman–Crippen MR) is 92.4 cm³/mol. The Morgan fingerprint density at radius 3 is 2.92 bits per heavy atom. The smallest absolute Gasteiger partial charge is 0.192 e. The Morgan fingerprint density at radius 2 is 2.25 bits per heavy atom. The number of guanidine groups is 1. The highest BCUT2D eigenvalue weighted by atomic mass is 19.1. The molecule has 1 aromatic carbocycles. The number of rotatable bonds is 6. The minimum atomic E-state index is -0.451. The van der Waals surface area contributed by atoms with Crippen LogP contribution in [0.25, 0.3) is 0 Å². The maximum Gasteiger partial charge on any atom is 0.192 e. The zero-order chi connectivity index (χ0) is 17.2. The third-order valence-corrected chi connectivity index (χ3v) is 2.98. The van der Waals surface area contributed by atoms with Crippen LogP contribution < -0.4 is 15.4 Å². The van der Waals surface area contributed by atoms with Crippen molar-refractivity contribution >= 4 is 5.96 Å². The van der Waals surface area contributed by atoms with Gasteiger partial charge >= 0.3 is 0 Å². The van der Waals surface area contributed by atoms with Crippen molar-refractivity contribution in [1.82, 2.24) is 15.6 Å². The monoisotopic (exact) mass is 326 g/mol. The van der Waals surface area contributed by atoms with Crippen molar-refractivity contribution in [3.05, 3.63) is 54.1 Å². The van der Waals surface area contributed by atoms with E-state index in [-0.39, 0.29) is 5.75 Å². The molecule has 0 atom stereocenters. The van der Waals surface area contributed by atoms with Gasteiger partial charge in [-0.1, -0.05) is 12.0 Å². The van der Waals surface area contributed by atoms with Crippen LogP contribution in [-0.2, 0) is 6.54 Å². The average molecular weight is 326 g/mol. The summed E-state index contributed by atoms with van der Waals surface area (Å²) in [5.74, 6) is 3.25. The van der Waals surface area contributed by atoms with Gasteiger partial charge in [0.05, 0.1) is 19.3 Å². The summed E-state index contributed by atoms with van der Waals surface area (Å²) in [6, 6.07) is 8.18. The molecule has 0 bridgehead atoms. The maximum absolute atomic E-state index is 14.2. The Morgan fingerprint density at radius 1 is 1.38 bits per heavy atom. The number of benzene rings is 1. The molecule has 0 aliphatic rings. The van der Waals surface area contributed by atoms with Crippen LogP contribution in [0.2, 0.25) is 0 Å². The van der Waals surface area contributed by atoms with Crippen LogP contribution >= 0.6 is 0 Å². The third-order valence-electron chi connectivity index (χ3n) is 2.98. The Bertz CT molecular complexity index is 726. The van der Waals surface area contributed by atoms with Crippen LogP contribution in [0.4, 0.5) is 4.39 Å². The topological polar surface area (TPSA) is 58.5 Å². The molecule has 0 saturated heterocycles. The second-order valence-corrected chi connectivity index (χ2v) is 4.81. The average Bonchev–Trinajstić information content (AvgIpc) is 2.60. The molecule has 0 aliphatic carbocycles. The molecule has 0 fully saturated rings. The molecule has 0 unspecified atom stereocenters. The van der Waals surface area contributed by atoms with Gasteiger partial charge < -0.3 is 15.4 Å². The van der Waals surface area contributed by atoms with Crippen LogP contribution in [0.15, 0.2) is 47.7 Å². The second kappa shape index (κ2) is 9.16. The van der Waals surface area contributed by atoms with Gasteiger partial charge in [0, 0.05) is 12.7 Å². The zero-order valence-corrected chi connectivity index (χ0v) is 13.4. The number of hydrogen-bond acceptors (Lipinski definition) is 3. The quantitative estimate of drug-likeness (QED) is 0.487. The molecular formula is C18H19FN4O. The number of aliphatic imine (C=N–C) groups is 1. The highest BCUT2D eigenvalue weighted by molar-refractivity contribution is 5.79. The van der Waals surface area contributed by atoms with Gasteiger partial charge in [0.25, 0.3) is 0 Å². The van der Waals surface area contributed by atoms with Crippen molar-refractivity contribution in [3.63, 3.8) is 0 Å². The molecule has 1 aromatic heterocycles. The number of pyridine rings is 1. The Hall–Kier alpha value is -3.07. The molecule has 2 N–H and O–H groups in total. The van der Waals surface area contributed by atoms with Crippen molar-refractivity contribution in [2.75, 3.05) is 13.1 Å². The zero-order valence-electron chi connectivity index (χ0n) is 13.4. The molecule has 0 spiro atoms. The number of halogens is 1. The predicted octanol–water partition coefficient (Wildman–Crippen LogP) is 2.70. The SMILES string of the molecule is C#CCNC(=NCc1ccc(Oc2cccnc2)c(F)c1)NCC. The molecule has 5 nitrogen and oxygen atoms in total. The molecule has 124 valence electrons. The summed E-state index contributed by atoms with van der Waals surface area (Å²) in [5, 5.41) is 6.04. The summed E-state index contributed by atoms with van der Waals surface area (Å²) in [6.07, 6.45) is 8.37. The van der Waals surface area contributed by atoms with E-state index in [4.69, 9.17) is 11.2 Å². The summed E-state index contributed by atoms with van der Waals surface area (Å²) in [5.41, 5.74) is 0.726. The normalized spacial score (nSPS) is 10.8. The van der Waals surface area contributed by atoms with E-state index in [1.54, 1.807) is 30.5 Å². The van der Waals surface area contributed by atoms with Gasteiger partial charge in [-0.25, -0.2) is 9.38 Å². The van der Waals surface area contributed by atoms with Crippen LogP contribution in [0.1, 0.15) is 12.5 Å². The summed E-state index contributed by atoms with van der Waals surface area (Å²) in [4.78, 5) is 8.28. The molecule has 0 radical (unpaired) electrons. The summed E-state index contributed by atoms with van der Waals surface area (Å²) in [6.45, 7) is 3.36. The van der Waals surface area contributed by atoms with E-state index >= 15 is 0 Å². The minimum Gasteiger partial charge on any atom is -0.453 e. The highest BCUT2D eigenvalue weighted by Crippen LogP contribution is 2.24. The lowest BCUT2D eigenvalue weighted by atomic mass is 10.2. The molecule has 1 heterocycles. The van der Waals surface area contributed by atoms with Crippen LogP contribution in [0.3, 0.4) is 0 Å². The molecule has 0 amide bonds. The molecular weight excluding hydrogens is 307 g/mol. The molecule has 0 aliphatic heterocycles. The van der Waals surface area contributed by atoms with Gasteiger partial charge in [0.15, 0.2) is 17.5 Å². The molecule has 2 rings (SSSR count). The van der Waals surface area contributed by atoms with E-state index in [1.807, 2.05) is 6.92 Å². The largest absolute Gasteiger partial charge is 0.453 e. The van der Waals surface area contributed by atoms with Gasteiger partial charge in [0.1, 0.15) is 5.75 Å². The Kier molecular flexibility index (Phi) is 6.59. The Labute approximate surface area is 141 Å². The molecule has 0 saturated carbocycles. The van der Waals surface area contributed by atoms with Gasteiger partial charge in [-0.05, 0) is 36.8 Å². The summed E-state index contributed by atoms with van der Waals surface area (Å²) in [7, 11) is 0. The molecule has 24 heavy (non-hydrogen) atoms. The second-order valence-electron chi connectivity index (χ2n) is 4.81. The fraction of sp³-hybridized carbons (Fsp3) is 0.222. The fourth-order valence-corrected chi connectivity index (χ4v) is 1.91. The highest BCUT2D eigenvalue weighted by Gasteiger charge is 2.06. The first-order valence-electron chi connectivity index (χ1n) is 7.55. The fourth-order valence-electron chi connectivity index (χ4n) is 1.91. The van der Waals surface area contributed by atoms with E-state index in [1.165, 1.54) is 12.3 Å². The number of ether oxygens (including phenoxy) is 1. The maximum atomic E-state index is 14.2. The van der Waals surface area contributed by atoms with Gasteiger partial charge in [-0.15, -0.1) is 6.42 Å². The number of terminal acetylenes is 1. The van der Waals surface area contributed by atoms with Gasteiger partial charge in [0.2, 0.25) is 0 Å². The van der Waals surface area contributed by atoms with E-state index in [2.05, 4.69) is 26.5 Å². The van der Waals surface area contributed by atoms with Gasteiger partial charge in [-0.3, -0.25) is 4.98 Å². The number of nitrogens with zero attached hydrogens (tertiary/aromatic N) is 2. The number of hydrogen-bond donors (Lipinski definition) is 2. The van der Waals surface area contributed by atoms with Crippen molar-refractivity contribution in [2.24, 2.45) is 4.99 Å². The first-order valence-corrected chi connectivity index (χ1v) is 7.55. The lowest BCUT2D eigenvalue weighted by molar-refractivity contribution is 0.440. The summed E-state index contributed by atoms with van der Waals surface area (Å²) >= 11 is 0. The van der Waals surface area contributed by atoms with Crippen LogP contribution in [0.5, 0.6) is 11.5 Å². The van der Waals surface area contributed by atoms with E-state index in [0.717, 1.165) is 5.56 Å². The third kappa shape index (κ3) is 5.29. The van der Waals surface area contributed by atoms with Crippen molar-refractivity contribution < 1.29 is 9.13 Å². The minimum absolute atomic E-state index is 0.146. The van der Waals surface area contributed by atoms with Gasteiger partial charge in [-0.2, -0.15) is 0 Å². The van der Waals surface area contributed by atoms with Crippen molar-refractivity contribution in [2.45, 2.75) is 13.5 Å². The van der Waals surface area contributed by atoms with E-state index in [9.17, 15) is 4.39 Å². The number of nitrogens with one attached hydrogen (secondary N) is 2. The lowest BCUT2D eigenvalue weighted by Crippen LogP contribution is -2.37. The summed E-state index contributed by atoms with van der Waals surface area (Å²) < 4.78 is 19.6. The van der Waals surface area contributed by atoms with Crippen LogP contribution in [-0.4, -0.2) is 24.0 Å².